The number of rotatable bonds is 6. The average Bonchev–Trinajstić information content (AvgIpc) is 3.25. The van der Waals surface area contributed by atoms with Crippen molar-refractivity contribution in [1.29, 1.82) is 0 Å². The maximum atomic E-state index is 13.8. The van der Waals surface area contributed by atoms with E-state index in [2.05, 4.69) is 45.3 Å². The van der Waals surface area contributed by atoms with E-state index in [1.54, 1.807) is 30.3 Å². The second kappa shape index (κ2) is 10.6. The van der Waals surface area contributed by atoms with Gasteiger partial charge in [-0.25, -0.2) is 0 Å². The van der Waals surface area contributed by atoms with E-state index in [1.165, 1.54) is 13.3 Å². The Morgan fingerprint density at radius 2 is 1.43 bits per heavy atom. The predicted molar refractivity (Wildman–Crippen MR) is 164 cm³/mol. The third kappa shape index (κ3) is 4.25. The van der Waals surface area contributed by atoms with Crippen LogP contribution >= 0.6 is 39.1 Å². The summed E-state index contributed by atoms with van der Waals surface area (Å²) in [6.45, 7) is 0.199. The lowest BCUT2D eigenvalue weighted by Crippen LogP contribution is -2.41. The fraction of sp³-hybridized carbons (Fsp3) is 0.182. The maximum absolute atomic E-state index is 13.8. The second-order valence-corrected chi connectivity index (χ2v) is 12.3. The molecule has 210 valence electrons. The number of hydrogen-bond acceptors (Lipinski definition) is 5. The number of hydrazone groups is 1. The van der Waals surface area contributed by atoms with E-state index in [0.29, 0.717) is 31.6 Å². The van der Waals surface area contributed by atoms with Crippen LogP contribution in [0.2, 0.25) is 10.0 Å². The van der Waals surface area contributed by atoms with Crippen molar-refractivity contribution in [3.05, 3.63) is 127 Å². The summed E-state index contributed by atoms with van der Waals surface area (Å²) in [6.07, 6.45) is 1.50. The molecule has 1 saturated heterocycles. The third-order valence-electron chi connectivity index (χ3n) is 8.39. The van der Waals surface area contributed by atoms with Crippen molar-refractivity contribution in [3.63, 3.8) is 0 Å². The Bertz CT molecular complexity index is 1690. The highest BCUT2D eigenvalue weighted by Gasteiger charge is 2.61. The minimum atomic E-state index is -0.485. The highest BCUT2D eigenvalue weighted by molar-refractivity contribution is 9.10. The molecule has 0 saturated carbocycles. The topological polar surface area (TPSA) is 68.2 Å². The highest BCUT2D eigenvalue weighted by atomic mass is 79.9. The molecule has 0 radical (unpaired) electrons. The summed E-state index contributed by atoms with van der Waals surface area (Å²) in [5.74, 6) is -0.938. The quantitative estimate of drug-likeness (QED) is 0.158. The molecule has 2 atom stereocenters. The molecule has 2 amide bonds. The molecule has 6 nitrogen and oxygen atoms in total. The van der Waals surface area contributed by atoms with Gasteiger partial charge in [-0.05, 0) is 68.0 Å². The predicted octanol–water partition coefficient (Wildman–Crippen LogP) is 7.57. The number of benzene rings is 4. The minimum absolute atomic E-state index is 0.177. The molecular formula is C33H23BrCl2N2O4. The van der Waals surface area contributed by atoms with Gasteiger partial charge in [-0.15, -0.1) is 0 Å². The van der Waals surface area contributed by atoms with Crippen molar-refractivity contribution in [2.45, 2.75) is 18.4 Å². The van der Waals surface area contributed by atoms with Gasteiger partial charge in [0.25, 0.3) is 11.8 Å². The standard InChI is InChI=1S/C33H23BrCl2N2O4/c1-41-26-13-17(12-24(34)31(26)42-16-18-10-11-19(35)14-25(18)36)15-37-38-32(39)29-27-20-6-2-3-7-21(20)28(30(29)33(38)40)23-9-5-4-8-22(23)27/h2-15,27-30H,16H2,1H3/b37-15-/t27?,28?,29-,30+. The zero-order valence-electron chi connectivity index (χ0n) is 22.3. The van der Waals surface area contributed by atoms with E-state index in [0.717, 1.165) is 32.8 Å². The Morgan fingerprint density at radius 3 is 1.95 bits per heavy atom. The van der Waals surface area contributed by atoms with Crippen LogP contribution in [0, 0.1) is 11.8 Å². The Balaban J connectivity index is 1.17. The van der Waals surface area contributed by atoms with Crippen molar-refractivity contribution < 1.29 is 19.1 Å². The molecule has 4 aromatic rings. The molecule has 0 spiro atoms. The first-order valence-corrected chi connectivity index (χ1v) is 15.0. The van der Waals surface area contributed by atoms with Crippen LogP contribution in [0.4, 0.5) is 0 Å². The molecule has 3 aliphatic carbocycles. The number of nitrogens with zero attached hydrogens (tertiary/aromatic N) is 2. The molecule has 42 heavy (non-hydrogen) atoms. The van der Waals surface area contributed by atoms with Gasteiger partial charge in [-0.3, -0.25) is 9.59 Å². The molecule has 1 heterocycles. The molecule has 2 bridgehead atoms. The molecule has 0 aromatic heterocycles. The number of halogens is 3. The van der Waals surface area contributed by atoms with Gasteiger partial charge < -0.3 is 9.47 Å². The zero-order valence-corrected chi connectivity index (χ0v) is 25.4. The molecule has 4 aromatic carbocycles. The molecule has 1 aliphatic heterocycles. The summed E-state index contributed by atoms with van der Waals surface area (Å²) in [5.41, 5.74) is 5.89. The zero-order chi connectivity index (χ0) is 29.1. The van der Waals surface area contributed by atoms with Gasteiger partial charge in [-0.1, -0.05) is 77.8 Å². The number of carbonyl (C=O) groups excluding carboxylic acids is 2. The van der Waals surface area contributed by atoms with Crippen molar-refractivity contribution in [3.8, 4) is 11.5 Å². The first-order chi connectivity index (χ1) is 20.4. The summed E-state index contributed by atoms with van der Waals surface area (Å²) in [7, 11) is 1.54. The summed E-state index contributed by atoms with van der Waals surface area (Å²) in [4.78, 5) is 27.6. The average molecular weight is 662 g/mol. The van der Waals surface area contributed by atoms with Gasteiger partial charge in [0.15, 0.2) is 11.5 Å². The second-order valence-electron chi connectivity index (χ2n) is 10.6. The van der Waals surface area contributed by atoms with E-state index in [-0.39, 0.29) is 30.3 Å². The lowest BCUT2D eigenvalue weighted by Gasteiger charge is -2.45. The van der Waals surface area contributed by atoms with Gasteiger partial charge >= 0.3 is 0 Å². The first kappa shape index (κ1) is 27.2. The Kier molecular flexibility index (Phi) is 6.84. The lowest BCUT2D eigenvalue weighted by atomic mass is 9.55. The Morgan fingerprint density at radius 1 is 0.857 bits per heavy atom. The normalized spacial score (nSPS) is 21.9. The number of methoxy groups -OCH3 is 1. The Hall–Kier alpha value is -3.65. The largest absolute Gasteiger partial charge is 0.493 e. The van der Waals surface area contributed by atoms with Crippen molar-refractivity contribution >= 4 is 57.2 Å². The van der Waals surface area contributed by atoms with Crippen LogP contribution in [-0.2, 0) is 16.2 Å². The number of amides is 2. The van der Waals surface area contributed by atoms with Crippen LogP contribution in [0.1, 0.15) is 45.2 Å². The molecule has 4 aliphatic rings. The lowest BCUT2D eigenvalue weighted by molar-refractivity contribution is -0.139. The molecule has 9 heteroatoms. The van der Waals surface area contributed by atoms with Crippen molar-refractivity contribution in [1.82, 2.24) is 5.01 Å². The smallest absolute Gasteiger partial charge is 0.254 e. The van der Waals surface area contributed by atoms with E-state index in [9.17, 15) is 9.59 Å². The molecule has 0 unspecified atom stereocenters. The van der Waals surface area contributed by atoms with Crippen LogP contribution in [-0.4, -0.2) is 30.1 Å². The number of imide groups is 1. The van der Waals surface area contributed by atoms with Gasteiger partial charge in [0.1, 0.15) is 6.61 Å². The van der Waals surface area contributed by atoms with Crippen LogP contribution in [0.15, 0.2) is 88.4 Å². The van der Waals surface area contributed by atoms with Crippen molar-refractivity contribution in [2.75, 3.05) is 7.11 Å². The Labute approximate surface area is 261 Å². The summed E-state index contributed by atoms with van der Waals surface area (Å²) < 4.78 is 12.2. The van der Waals surface area contributed by atoms with Crippen LogP contribution in [0.25, 0.3) is 0 Å². The third-order valence-corrected chi connectivity index (χ3v) is 9.56. The van der Waals surface area contributed by atoms with E-state index < -0.39 is 11.8 Å². The van der Waals surface area contributed by atoms with Crippen molar-refractivity contribution in [2.24, 2.45) is 16.9 Å². The number of carbonyl (C=O) groups is 2. The molecule has 0 N–H and O–H groups in total. The molecule has 1 fully saturated rings. The van der Waals surface area contributed by atoms with Gasteiger partial charge in [-0.2, -0.15) is 10.1 Å². The van der Waals surface area contributed by atoms with Crippen LogP contribution in [0.3, 0.4) is 0 Å². The summed E-state index contributed by atoms with van der Waals surface area (Å²) >= 11 is 15.9. The highest BCUT2D eigenvalue weighted by Crippen LogP contribution is 2.61. The number of hydrogen-bond donors (Lipinski definition) is 0. The van der Waals surface area contributed by atoms with E-state index >= 15 is 0 Å². The monoisotopic (exact) mass is 660 g/mol. The number of ether oxygens (including phenoxy) is 2. The van der Waals surface area contributed by atoms with Gasteiger partial charge in [0.2, 0.25) is 0 Å². The maximum Gasteiger partial charge on any atom is 0.254 e. The minimum Gasteiger partial charge on any atom is -0.493 e. The SMILES string of the molecule is COc1cc(/C=N\N2C(=O)[C@@H]3C4c5ccccc5C(c5ccccc54)[C@@H]3C2=O)cc(Br)c1OCc1ccc(Cl)cc1Cl. The fourth-order valence-electron chi connectivity index (χ4n) is 6.64. The molecule has 8 rings (SSSR count). The van der Waals surface area contributed by atoms with E-state index in [4.69, 9.17) is 32.7 Å². The fourth-order valence-corrected chi connectivity index (χ4v) is 7.68. The van der Waals surface area contributed by atoms with Crippen LogP contribution < -0.4 is 9.47 Å². The van der Waals surface area contributed by atoms with Crippen LogP contribution in [0.5, 0.6) is 11.5 Å². The summed E-state index contributed by atoms with van der Waals surface area (Å²) in [6, 6.07) is 25.0. The first-order valence-electron chi connectivity index (χ1n) is 13.4. The summed E-state index contributed by atoms with van der Waals surface area (Å²) in [5, 5.41) is 6.52. The molecular weight excluding hydrogens is 639 g/mol. The van der Waals surface area contributed by atoms with Gasteiger partial charge in [0.05, 0.1) is 29.6 Å². The van der Waals surface area contributed by atoms with E-state index in [1.807, 2.05) is 24.3 Å². The van der Waals surface area contributed by atoms with Gasteiger partial charge in [0, 0.05) is 27.4 Å².